The van der Waals surface area contributed by atoms with Crippen molar-refractivity contribution in [3.05, 3.63) is 57.7 Å². The molecule has 0 saturated carbocycles. The number of carbonyl (C=O) groups excluding carboxylic acids is 1. The Balaban J connectivity index is 2.13. The predicted molar refractivity (Wildman–Crippen MR) is 97.0 cm³/mol. The van der Waals surface area contributed by atoms with E-state index in [0.29, 0.717) is 5.56 Å². The van der Waals surface area contributed by atoms with E-state index in [1.165, 1.54) is 0 Å². The Morgan fingerprint density at radius 2 is 1.71 bits per heavy atom. The van der Waals surface area contributed by atoms with Gasteiger partial charge >= 0.3 is 0 Å². The number of unbranched alkanes of at least 4 members (excludes halogenated alkanes) is 1. The average Bonchev–Trinajstić information content (AvgIpc) is 2.50. The fraction of sp³-hybridized carbons (Fsp3) is 0.235. The van der Waals surface area contributed by atoms with Gasteiger partial charge in [-0.25, -0.2) is 0 Å². The van der Waals surface area contributed by atoms with Crippen molar-refractivity contribution in [1.29, 1.82) is 0 Å². The van der Waals surface area contributed by atoms with E-state index in [4.69, 9.17) is 0 Å². The number of hydrogen-bond acceptors (Lipinski definition) is 2. The van der Waals surface area contributed by atoms with Gasteiger partial charge < -0.3 is 10.6 Å². The van der Waals surface area contributed by atoms with Crippen LogP contribution in [0.2, 0.25) is 0 Å². The Labute approximate surface area is 139 Å². The molecule has 0 heterocycles. The summed E-state index contributed by atoms with van der Waals surface area (Å²) in [5.41, 5.74) is 2.40. The van der Waals surface area contributed by atoms with Gasteiger partial charge in [-0.3, -0.25) is 4.79 Å². The number of nitrogens with one attached hydrogen (secondary N) is 2. The largest absolute Gasteiger partial charge is 0.384 e. The van der Waals surface area contributed by atoms with E-state index in [2.05, 4.69) is 40.1 Å². The Bertz CT molecular complexity index is 613. The zero-order chi connectivity index (χ0) is 15.1. The summed E-state index contributed by atoms with van der Waals surface area (Å²) in [6.07, 6.45) is 2.22. The fourth-order valence-corrected chi connectivity index (χ4v) is 2.51. The molecule has 0 saturated heterocycles. The zero-order valence-electron chi connectivity index (χ0n) is 12.0. The summed E-state index contributed by atoms with van der Waals surface area (Å²) < 4.78 is 1.03. The van der Waals surface area contributed by atoms with Crippen LogP contribution in [-0.4, -0.2) is 12.5 Å². The quantitative estimate of drug-likeness (QED) is 0.548. The van der Waals surface area contributed by atoms with Gasteiger partial charge in [0.05, 0.1) is 11.3 Å². The molecule has 0 aliphatic carbocycles. The van der Waals surface area contributed by atoms with Gasteiger partial charge in [0, 0.05) is 15.8 Å². The summed E-state index contributed by atoms with van der Waals surface area (Å²) in [5, 5.41) is 6.30. The number of benzene rings is 2. The molecule has 3 nitrogen and oxygen atoms in total. The van der Waals surface area contributed by atoms with Gasteiger partial charge in [-0.2, -0.15) is 0 Å². The Morgan fingerprint density at radius 1 is 1.05 bits per heavy atom. The molecule has 0 fully saturated rings. The molecule has 4 heteroatoms. The first-order valence-corrected chi connectivity index (χ1v) is 8.19. The summed E-state index contributed by atoms with van der Waals surface area (Å²) in [6.45, 7) is 3.03. The van der Waals surface area contributed by atoms with Crippen molar-refractivity contribution in [3.63, 3.8) is 0 Å². The maximum atomic E-state index is 12.5. The van der Waals surface area contributed by atoms with E-state index in [0.717, 1.165) is 34.3 Å². The maximum absolute atomic E-state index is 12.5. The van der Waals surface area contributed by atoms with Crippen molar-refractivity contribution in [2.24, 2.45) is 0 Å². The molecule has 2 N–H and O–H groups in total. The number of rotatable bonds is 6. The minimum Gasteiger partial charge on any atom is -0.384 e. The van der Waals surface area contributed by atoms with Crippen molar-refractivity contribution in [2.75, 3.05) is 17.2 Å². The van der Waals surface area contributed by atoms with Crippen molar-refractivity contribution in [1.82, 2.24) is 0 Å². The number of para-hydroxylation sites is 2. The average molecular weight is 394 g/mol. The highest BCUT2D eigenvalue weighted by molar-refractivity contribution is 14.1. The molecule has 0 aliphatic heterocycles. The number of hydrogen-bond donors (Lipinski definition) is 2. The third kappa shape index (κ3) is 4.46. The minimum atomic E-state index is -0.0845. The lowest BCUT2D eigenvalue weighted by Gasteiger charge is -2.12. The molecule has 2 rings (SSSR count). The summed E-state index contributed by atoms with van der Waals surface area (Å²) in [6, 6.07) is 15.4. The molecule has 2 aromatic rings. The third-order valence-corrected chi connectivity index (χ3v) is 4.08. The van der Waals surface area contributed by atoms with E-state index >= 15 is 0 Å². The first-order valence-electron chi connectivity index (χ1n) is 7.11. The van der Waals surface area contributed by atoms with E-state index in [-0.39, 0.29) is 5.91 Å². The van der Waals surface area contributed by atoms with Crippen molar-refractivity contribution < 1.29 is 4.79 Å². The lowest BCUT2D eigenvalue weighted by Crippen LogP contribution is -2.15. The van der Waals surface area contributed by atoms with E-state index in [1.54, 1.807) is 0 Å². The van der Waals surface area contributed by atoms with E-state index < -0.39 is 0 Å². The monoisotopic (exact) mass is 394 g/mol. The molecule has 110 valence electrons. The van der Waals surface area contributed by atoms with Crippen molar-refractivity contribution >= 4 is 39.9 Å². The second-order valence-electron chi connectivity index (χ2n) is 4.76. The van der Waals surface area contributed by atoms with E-state index in [1.807, 2.05) is 48.5 Å². The predicted octanol–water partition coefficient (Wildman–Crippen LogP) is 4.76. The molecule has 0 aromatic heterocycles. The molecule has 2 aromatic carbocycles. The summed E-state index contributed by atoms with van der Waals surface area (Å²) in [7, 11) is 0. The number of anilines is 2. The second-order valence-corrected chi connectivity index (χ2v) is 5.92. The lowest BCUT2D eigenvalue weighted by atomic mass is 10.1. The molecule has 0 aliphatic rings. The molecule has 0 spiro atoms. The Kier molecular flexibility index (Phi) is 6.04. The van der Waals surface area contributed by atoms with E-state index in [9.17, 15) is 4.79 Å². The van der Waals surface area contributed by atoms with Gasteiger partial charge in [-0.05, 0) is 53.3 Å². The van der Waals surface area contributed by atoms with Gasteiger partial charge in [-0.1, -0.05) is 37.6 Å². The number of amides is 1. The topological polar surface area (TPSA) is 41.1 Å². The van der Waals surface area contributed by atoms with Crippen molar-refractivity contribution in [2.45, 2.75) is 19.8 Å². The van der Waals surface area contributed by atoms with Crippen molar-refractivity contribution in [3.8, 4) is 0 Å². The van der Waals surface area contributed by atoms with Crippen LogP contribution in [0.15, 0.2) is 48.5 Å². The van der Waals surface area contributed by atoms with Gasteiger partial charge in [-0.15, -0.1) is 0 Å². The van der Waals surface area contributed by atoms with Crippen LogP contribution in [0, 0.1) is 3.57 Å². The smallest absolute Gasteiger partial charge is 0.257 e. The summed E-state index contributed by atoms with van der Waals surface area (Å²) >= 11 is 2.22. The Hall–Kier alpha value is -1.56. The summed E-state index contributed by atoms with van der Waals surface area (Å²) in [4.78, 5) is 12.5. The molecule has 0 atom stereocenters. The lowest BCUT2D eigenvalue weighted by molar-refractivity contribution is 0.102. The molecule has 0 bridgehead atoms. The normalized spacial score (nSPS) is 10.2. The van der Waals surface area contributed by atoms with Crippen LogP contribution in [0.25, 0.3) is 0 Å². The van der Waals surface area contributed by atoms with Crippen LogP contribution >= 0.6 is 22.6 Å². The number of carbonyl (C=O) groups is 1. The molecule has 0 unspecified atom stereocenters. The van der Waals surface area contributed by atoms with Gasteiger partial charge in [0.2, 0.25) is 0 Å². The number of halogens is 1. The second kappa shape index (κ2) is 8.02. The van der Waals surface area contributed by atoms with Crippen LogP contribution in [0.4, 0.5) is 11.4 Å². The van der Waals surface area contributed by atoms with Crippen LogP contribution in [-0.2, 0) is 0 Å². The van der Waals surface area contributed by atoms with Crippen LogP contribution in [0.1, 0.15) is 30.1 Å². The Morgan fingerprint density at radius 3 is 2.43 bits per heavy atom. The van der Waals surface area contributed by atoms with Gasteiger partial charge in [0.25, 0.3) is 5.91 Å². The minimum absolute atomic E-state index is 0.0845. The van der Waals surface area contributed by atoms with Crippen LogP contribution < -0.4 is 10.6 Å². The summed E-state index contributed by atoms with van der Waals surface area (Å²) in [5.74, 6) is -0.0845. The highest BCUT2D eigenvalue weighted by Crippen LogP contribution is 2.21. The fourth-order valence-electron chi connectivity index (χ4n) is 1.99. The first kappa shape index (κ1) is 15.8. The standard InChI is InChI=1S/C17H19IN2O/c1-2-3-12-19-15-10-6-4-8-13(15)17(21)20-16-11-7-5-9-14(16)18/h4-11,19H,2-3,12H2,1H3,(H,20,21). The first-order chi connectivity index (χ1) is 10.2. The highest BCUT2D eigenvalue weighted by Gasteiger charge is 2.11. The molecule has 1 amide bonds. The molecular formula is C17H19IN2O. The van der Waals surface area contributed by atoms with Crippen LogP contribution in [0.3, 0.4) is 0 Å². The maximum Gasteiger partial charge on any atom is 0.257 e. The third-order valence-electron chi connectivity index (χ3n) is 3.14. The van der Waals surface area contributed by atoms with Crippen LogP contribution in [0.5, 0.6) is 0 Å². The molecule has 0 radical (unpaired) electrons. The molecule has 21 heavy (non-hydrogen) atoms. The van der Waals surface area contributed by atoms with Gasteiger partial charge in [0.15, 0.2) is 0 Å². The zero-order valence-corrected chi connectivity index (χ0v) is 14.2. The SMILES string of the molecule is CCCCNc1ccccc1C(=O)Nc1ccccc1I. The molecular weight excluding hydrogens is 375 g/mol. The highest BCUT2D eigenvalue weighted by atomic mass is 127. The van der Waals surface area contributed by atoms with Gasteiger partial charge in [0.1, 0.15) is 0 Å².